The van der Waals surface area contributed by atoms with Crippen molar-refractivity contribution in [1.82, 2.24) is 0 Å². The maximum absolute atomic E-state index is 12.5. The first-order chi connectivity index (χ1) is 11.0. The molecular weight excluding hydrogens is 453 g/mol. The third-order valence-electron chi connectivity index (χ3n) is 3.65. The number of alkyl halides is 7. The number of rotatable bonds is 7. The predicted octanol–water partition coefficient (Wildman–Crippen LogP) is 4.99. The summed E-state index contributed by atoms with van der Waals surface area (Å²) >= 11 is 2.24. The summed E-state index contributed by atoms with van der Waals surface area (Å²) < 4.78 is 80.4. The van der Waals surface area contributed by atoms with Gasteiger partial charge in [-0.3, -0.25) is 0 Å². The summed E-state index contributed by atoms with van der Waals surface area (Å²) in [6.07, 6.45) is -10.8. The number of hydrogen-bond donors (Lipinski definition) is 1. The highest BCUT2D eigenvalue weighted by molar-refractivity contribution is 14.1. The lowest BCUT2D eigenvalue weighted by Crippen LogP contribution is -2.59. The second-order valence-electron chi connectivity index (χ2n) is 5.35. The lowest BCUT2D eigenvalue weighted by atomic mass is 9.98. The van der Waals surface area contributed by atoms with Crippen molar-refractivity contribution in [2.45, 2.75) is 43.8 Å². The van der Waals surface area contributed by atoms with Gasteiger partial charge >= 0.3 is 12.4 Å². The molecule has 0 heterocycles. The summed E-state index contributed by atoms with van der Waals surface area (Å²) in [4.78, 5) is 0. The minimum atomic E-state index is -5.87. The molecule has 0 radical (unpaired) electrons. The summed E-state index contributed by atoms with van der Waals surface area (Å²) in [6.45, 7) is -0.349. The fourth-order valence-electron chi connectivity index (χ4n) is 1.96. The molecule has 24 heavy (non-hydrogen) atoms. The van der Waals surface area contributed by atoms with E-state index in [0.29, 0.717) is 11.5 Å². The van der Waals surface area contributed by atoms with Crippen molar-refractivity contribution in [3.8, 4) is 0 Å². The van der Waals surface area contributed by atoms with Crippen LogP contribution in [0.5, 0.6) is 0 Å². The molecule has 0 amide bonds. The highest BCUT2D eigenvalue weighted by Crippen LogP contribution is 2.43. The van der Waals surface area contributed by atoms with Gasteiger partial charge in [0.05, 0.1) is 13.2 Å². The molecule has 9 heteroatoms. The lowest BCUT2D eigenvalue weighted by molar-refractivity contribution is -0.378. The van der Waals surface area contributed by atoms with E-state index in [2.05, 4.69) is 27.3 Å². The monoisotopic (exact) mass is 470 g/mol. The van der Waals surface area contributed by atoms with E-state index in [4.69, 9.17) is 5.11 Å². The Morgan fingerprint density at radius 1 is 1.04 bits per heavy atom. The summed E-state index contributed by atoms with van der Waals surface area (Å²) in [5, 5.41) is 8.97. The zero-order valence-electron chi connectivity index (χ0n) is 12.7. The van der Waals surface area contributed by atoms with Crippen molar-refractivity contribution in [3.63, 3.8) is 0 Å². The molecule has 0 spiro atoms. The predicted molar refractivity (Wildman–Crippen MR) is 85.1 cm³/mol. The number of aliphatic hydroxyl groups is 1. The van der Waals surface area contributed by atoms with Crippen LogP contribution >= 0.6 is 22.6 Å². The van der Waals surface area contributed by atoms with Gasteiger partial charge in [0.25, 0.3) is 5.60 Å². The standard InChI is InChI=1S/C15H17F6IO2/c1-2-11(7-22)12-5-3-10(4-6-12)8-24-9-13(23,14(16,17)18)15(19,20)21/h3-6,11,23H,2,7-9H2,1H3. The SMILES string of the molecule is CCC(CI)c1ccc(COCC(O)(C(F)(F)F)C(F)(F)F)cc1. The van der Waals surface area contributed by atoms with E-state index in [1.165, 1.54) is 0 Å². The van der Waals surface area contributed by atoms with Crippen molar-refractivity contribution >= 4 is 22.6 Å². The van der Waals surface area contributed by atoms with Crippen molar-refractivity contribution in [1.29, 1.82) is 0 Å². The average molecular weight is 470 g/mol. The van der Waals surface area contributed by atoms with Gasteiger partial charge in [0.1, 0.15) is 0 Å². The Kier molecular flexibility index (Phi) is 7.36. The molecule has 0 saturated heterocycles. The average Bonchev–Trinajstić information content (AvgIpc) is 2.47. The van der Waals surface area contributed by atoms with Gasteiger partial charge in [-0.1, -0.05) is 53.8 Å². The van der Waals surface area contributed by atoms with E-state index in [0.717, 1.165) is 16.4 Å². The second kappa shape index (κ2) is 8.22. The van der Waals surface area contributed by atoms with Crippen LogP contribution in [0.15, 0.2) is 24.3 Å². The van der Waals surface area contributed by atoms with E-state index >= 15 is 0 Å². The first kappa shape index (κ1) is 21.5. The van der Waals surface area contributed by atoms with Crippen LogP contribution in [0.25, 0.3) is 0 Å². The Morgan fingerprint density at radius 2 is 1.54 bits per heavy atom. The zero-order valence-corrected chi connectivity index (χ0v) is 14.9. The quantitative estimate of drug-likeness (QED) is 0.346. The molecule has 0 saturated carbocycles. The Balaban J connectivity index is 2.72. The number of hydrogen-bond acceptors (Lipinski definition) is 2. The van der Waals surface area contributed by atoms with Gasteiger partial charge in [0.2, 0.25) is 0 Å². The minimum Gasteiger partial charge on any atom is -0.373 e. The lowest BCUT2D eigenvalue weighted by Gasteiger charge is -2.31. The van der Waals surface area contributed by atoms with Gasteiger partial charge in [-0.2, -0.15) is 26.3 Å². The number of halogens is 7. The molecule has 0 bridgehead atoms. The van der Waals surface area contributed by atoms with Crippen molar-refractivity contribution in [2.75, 3.05) is 11.0 Å². The fourth-order valence-corrected chi connectivity index (χ4v) is 3.09. The molecule has 2 nitrogen and oxygen atoms in total. The molecule has 0 aliphatic rings. The van der Waals surface area contributed by atoms with E-state index in [9.17, 15) is 26.3 Å². The van der Waals surface area contributed by atoms with Gasteiger partial charge in [0, 0.05) is 4.43 Å². The van der Waals surface area contributed by atoms with Crippen LogP contribution in [0.3, 0.4) is 0 Å². The molecule has 1 aromatic carbocycles. The Morgan fingerprint density at radius 3 is 1.92 bits per heavy atom. The first-order valence-corrected chi connectivity index (χ1v) is 8.57. The Labute approximate surface area is 149 Å². The van der Waals surface area contributed by atoms with Crippen molar-refractivity contribution in [2.24, 2.45) is 0 Å². The molecule has 0 aromatic heterocycles. The minimum absolute atomic E-state index is 0.334. The molecule has 1 rings (SSSR count). The summed E-state index contributed by atoms with van der Waals surface area (Å²) in [5.74, 6) is 0.334. The van der Waals surface area contributed by atoms with E-state index in [1.54, 1.807) is 24.3 Å². The fraction of sp³-hybridized carbons (Fsp3) is 0.600. The zero-order chi connectivity index (χ0) is 18.6. The van der Waals surface area contributed by atoms with Gasteiger partial charge in [-0.25, -0.2) is 0 Å². The van der Waals surface area contributed by atoms with Crippen molar-refractivity contribution in [3.05, 3.63) is 35.4 Å². The number of benzene rings is 1. The number of ether oxygens (including phenoxy) is 1. The maximum Gasteiger partial charge on any atom is 0.428 e. The smallest absolute Gasteiger partial charge is 0.373 e. The molecule has 0 aliphatic heterocycles. The second-order valence-corrected chi connectivity index (χ2v) is 6.23. The van der Waals surface area contributed by atoms with Gasteiger partial charge in [-0.05, 0) is 23.5 Å². The largest absolute Gasteiger partial charge is 0.428 e. The van der Waals surface area contributed by atoms with Crippen LogP contribution in [0.2, 0.25) is 0 Å². The molecule has 1 unspecified atom stereocenters. The van der Waals surface area contributed by atoms with Crippen LogP contribution in [0.4, 0.5) is 26.3 Å². The maximum atomic E-state index is 12.5. The van der Waals surface area contributed by atoms with Crippen LogP contribution in [-0.2, 0) is 11.3 Å². The Bertz CT molecular complexity index is 494. The summed E-state index contributed by atoms with van der Waals surface area (Å²) in [7, 11) is 0. The van der Waals surface area contributed by atoms with Crippen LogP contribution < -0.4 is 0 Å². The normalized spacial score (nSPS) is 14.7. The van der Waals surface area contributed by atoms with E-state index < -0.39 is 31.2 Å². The highest BCUT2D eigenvalue weighted by atomic mass is 127. The third kappa shape index (κ3) is 4.98. The van der Waals surface area contributed by atoms with Crippen molar-refractivity contribution < 1.29 is 36.2 Å². The topological polar surface area (TPSA) is 29.5 Å². The summed E-state index contributed by atoms with van der Waals surface area (Å²) in [5.41, 5.74) is -3.42. The molecule has 1 atom stereocenters. The molecule has 138 valence electrons. The first-order valence-electron chi connectivity index (χ1n) is 7.04. The third-order valence-corrected chi connectivity index (χ3v) is 4.71. The Hall–Kier alpha value is -0.550. The summed E-state index contributed by atoms with van der Waals surface area (Å²) in [6, 6.07) is 6.71. The molecule has 0 aliphatic carbocycles. The van der Waals surface area contributed by atoms with E-state index in [-0.39, 0.29) is 0 Å². The van der Waals surface area contributed by atoms with Crippen LogP contribution in [0, 0.1) is 0 Å². The van der Waals surface area contributed by atoms with Gasteiger partial charge in [-0.15, -0.1) is 0 Å². The van der Waals surface area contributed by atoms with E-state index in [1.807, 2.05) is 6.92 Å². The highest BCUT2D eigenvalue weighted by Gasteiger charge is 2.70. The molecule has 1 N–H and O–H groups in total. The molecular formula is C15H17F6IO2. The molecule has 1 aromatic rings. The molecule has 0 fully saturated rings. The van der Waals surface area contributed by atoms with Crippen LogP contribution in [0.1, 0.15) is 30.4 Å². The van der Waals surface area contributed by atoms with Crippen LogP contribution in [-0.4, -0.2) is 34.1 Å². The van der Waals surface area contributed by atoms with Gasteiger partial charge < -0.3 is 9.84 Å². The van der Waals surface area contributed by atoms with Gasteiger partial charge in [0.15, 0.2) is 0 Å².